The van der Waals surface area contributed by atoms with Crippen LogP contribution < -0.4 is 9.84 Å². The summed E-state index contributed by atoms with van der Waals surface area (Å²) in [6.45, 7) is 9.05. The predicted molar refractivity (Wildman–Crippen MR) is 97.0 cm³/mol. The highest BCUT2D eigenvalue weighted by atomic mass is 16.5. The molecule has 2 rings (SSSR count). The zero-order chi connectivity index (χ0) is 18.3. The summed E-state index contributed by atoms with van der Waals surface area (Å²) in [5.41, 5.74) is 2.04. The quantitative estimate of drug-likeness (QED) is 0.663. The van der Waals surface area contributed by atoms with Gasteiger partial charge in [0.05, 0.1) is 6.61 Å². The Kier molecular flexibility index (Phi) is 6.79. The lowest BCUT2D eigenvalue weighted by Crippen LogP contribution is -2.20. The molecule has 138 valence electrons. The van der Waals surface area contributed by atoms with Crippen LogP contribution in [0.25, 0.3) is 0 Å². The van der Waals surface area contributed by atoms with Crippen LogP contribution in [-0.2, 0) is 18.3 Å². The number of phenols is 1. The molecule has 0 unspecified atom stereocenters. The zero-order valence-electron chi connectivity index (χ0n) is 15.7. The Morgan fingerprint density at radius 3 is 2.48 bits per heavy atom. The van der Waals surface area contributed by atoms with Gasteiger partial charge in [0, 0.05) is 11.9 Å². The van der Waals surface area contributed by atoms with Gasteiger partial charge in [-0.25, -0.2) is 0 Å². The smallest absolute Gasteiger partial charge is 0.126 e. The molecule has 0 aliphatic heterocycles. The van der Waals surface area contributed by atoms with E-state index in [4.69, 9.17) is 4.74 Å². The number of aromatic nitrogens is 4. The summed E-state index contributed by atoms with van der Waals surface area (Å²) in [6, 6.07) is 3.81. The summed E-state index contributed by atoms with van der Waals surface area (Å²) in [5.74, 6) is 1.84. The van der Waals surface area contributed by atoms with E-state index in [9.17, 15) is 5.11 Å². The molecule has 0 spiro atoms. The number of phenolic OH excluding ortho intramolecular Hbond substituents is 1. The molecule has 2 aromatic rings. The third-order valence-electron chi connectivity index (χ3n) is 4.65. The molecule has 0 atom stereocenters. The molecule has 0 saturated heterocycles. The Labute approximate surface area is 150 Å². The number of hydrogen-bond acceptors (Lipinski definition) is 5. The van der Waals surface area contributed by atoms with Crippen LogP contribution >= 0.6 is 0 Å². The van der Waals surface area contributed by atoms with Crippen LogP contribution in [0.4, 0.5) is 0 Å². The van der Waals surface area contributed by atoms with Gasteiger partial charge < -0.3 is 14.9 Å². The van der Waals surface area contributed by atoms with Crippen molar-refractivity contribution in [3.05, 3.63) is 29.1 Å². The molecule has 0 aliphatic rings. The van der Waals surface area contributed by atoms with Gasteiger partial charge in [-0.3, -0.25) is 10.3 Å². The van der Waals surface area contributed by atoms with Gasteiger partial charge in [0.1, 0.15) is 11.5 Å². The van der Waals surface area contributed by atoms with Gasteiger partial charge in [-0.1, -0.05) is 40.5 Å². The zero-order valence-corrected chi connectivity index (χ0v) is 15.7. The van der Waals surface area contributed by atoms with Gasteiger partial charge >= 0.3 is 0 Å². The van der Waals surface area contributed by atoms with E-state index in [0.29, 0.717) is 18.2 Å². The Bertz CT molecular complexity index is 654. The van der Waals surface area contributed by atoms with Crippen molar-refractivity contribution in [3.8, 4) is 11.5 Å². The fraction of sp³-hybridized carbons (Fsp3) is 0.632. The largest absolute Gasteiger partial charge is 0.508 e. The normalized spacial score (nSPS) is 11.7. The third kappa shape index (κ3) is 5.18. The third-order valence-corrected chi connectivity index (χ3v) is 4.65. The van der Waals surface area contributed by atoms with Gasteiger partial charge in [0.2, 0.25) is 0 Å². The van der Waals surface area contributed by atoms with Crippen molar-refractivity contribution in [3.63, 3.8) is 0 Å². The van der Waals surface area contributed by atoms with Gasteiger partial charge in [-0.15, -0.1) is 0 Å². The lowest BCUT2D eigenvalue weighted by Gasteiger charge is -2.24. The molecule has 0 bridgehead atoms. The molecule has 0 aliphatic carbocycles. The van der Waals surface area contributed by atoms with Crippen LogP contribution in [0.2, 0.25) is 0 Å². The molecule has 1 aromatic carbocycles. The van der Waals surface area contributed by atoms with E-state index in [1.54, 1.807) is 6.07 Å². The van der Waals surface area contributed by atoms with E-state index in [-0.39, 0.29) is 5.41 Å². The second kappa shape index (κ2) is 8.83. The molecule has 0 amide bonds. The topological polar surface area (TPSA) is 82.2 Å². The van der Waals surface area contributed by atoms with Crippen molar-refractivity contribution in [2.45, 2.75) is 71.6 Å². The maximum absolute atomic E-state index is 10.0. The van der Waals surface area contributed by atoms with Crippen LogP contribution in [-0.4, -0.2) is 27.2 Å². The van der Waals surface area contributed by atoms with Crippen LogP contribution in [0.1, 0.15) is 70.3 Å². The number of tetrazole rings is 1. The lowest BCUT2D eigenvalue weighted by atomic mass is 9.86. The fourth-order valence-electron chi connectivity index (χ4n) is 2.91. The van der Waals surface area contributed by atoms with E-state index >= 15 is 0 Å². The van der Waals surface area contributed by atoms with Crippen LogP contribution in [0.3, 0.4) is 0 Å². The number of hydrogen-bond donors (Lipinski definition) is 1. The number of benzene rings is 1. The summed E-state index contributed by atoms with van der Waals surface area (Å²) in [6.07, 6.45) is 5.85. The SMILES string of the molecule is CCc1cc(CC)c(OCCCCCC(C)(C)c2nnn[n-]2)cc1O. The summed E-state index contributed by atoms with van der Waals surface area (Å²) < 4.78 is 5.91. The minimum Gasteiger partial charge on any atom is -0.508 e. The average Bonchev–Trinajstić information content (AvgIpc) is 3.13. The number of unbranched alkanes of at least 4 members (excludes halogenated alkanes) is 2. The lowest BCUT2D eigenvalue weighted by molar-refractivity contribution is 0.296. The first kappa shape index (κ1) is 19.2. The Balaban J connectivity index is 1.75. The molecule has 6 nitrogen and oxygen atoms in total. The summed E-state index contributed by atoms with van der Waals surface area (Å²) in [7, 11) is 0. The number of nitrogens with zero attached hydrogens (tertiary/aromatic N) is 4. The van der Waals surface area contributed by atoms with Gasteiger partial charge in [0.25, 0.3) is 0 Å². The minimum atomic E-state index is -0.0957. The number of aryl methyl sites for hydroxylation is 2. The summed E-state index contributed by atoms with van der Waals surface area (Å²) in [4.78, 5) is 0. The molecule has 1 heterocycles. The minimum absolute atomic E-state index is 0.0957. The maximum atomic E-state index is 10.0. The van der Waals surface area contributed by atoms with Gasteiger partial charge in [-0.2, -0.15) is 5.21 Å². The Morgan fingerprint density at radius 2 is 1.84 bits per heavy atom. The summed E-state index contributed by atoms with van der Waals surface area (Å²) in [5, 5.41) is 25.1. The van der Waals surface area contributed by atoms with Gasteiger partial charge in [-0.05, 0) is 48.3 Å². The standard InChI is InChI=1S/C19H29N4O2/c1-5-14-12-15(6-2)17(13-16(14)24)25-11-9-7-8-10-19(3,4)18-20-22-23-21-18/h12-13H,5-11H2,1-4H3,(H-,20,21,22,23,24)/q-1. The second-order valence-corrected chi connectivity index (χ2v) is 7.04. The molecule has 0 fully saturated rings. The molecule has 25 heavy (non-hydrogen) atoms. The first-order valence-corrected chi connectivity index (χ1v) is 9.14. The Morgan fingerprint density at radius 1 is 1.08 bits per heavy atom. The number of ether oxygens (including phenoxy) is 1. The predicted octanol–water partition coefficient (Wildman–Crippen LogP) is 3.58. The first-order chi connectivity index (χ1) is 12.0. The van der Waals surface area contributed by atoms with Crippen molar-refractivity contribution in [1.29, 1.82) is 0 Å². The van der Waals surface area contributed by atoms with E-state index < -0.39 is 0 Å². The van der Waals surface area contributed by atoms with Crippen molar-refractivity contribution >= 4 is 0 Å². The van der Waals surface area contributed by atoms with Crippen molar-refractivity contribution in [2.75, 3.05) is 6.61 Å². The second-order valence-electron chi connectivity index (χ2n) is 7.04. The molecule has 0 saturated carbocycles. The molecular weight excluding hydrogens is 316 g/mol. The van der Waals surface area contributed by atoms with Crippen LogP contribution in [0.5, 0.6) is 11.5 Å². The highest BCUT2D eigenvalue weighted by Gasteiger charge is 2.19. The van der Waals surface area contributed by atoms with Gasteiger partial charge in [0.15, 0.2) is 0 Å². The van der Waals surface area contributed by atoms with Crippen LogP contribution in [0, 0.1) is 0 Å². The average molecular weight is 345 g/mol. The van der Waals surface area contributed by atoms with E-state index in [2.05, 4.69) is 47.5 Å². The highest BCUT2D eigenvalue weighted by molar-refractivity contribution is 5.46. The number of aromatic hydroxyl groups is 1. The summed E-state index contributed by atoms with van der Waals surface area (Å²) >= 11 is 0. The first-order valence-electron chi connectivity index (χ1n) is 9.14. The van der Waals surface area contributed by atoms with E-state index in [1.807, 2.05) is 6.92 Å². The number of rotatable bonds is 10. The van der Waals surface area contributed by atoms with E-state index in [0.717, 1.165) is 55.4 Å². The highest BCUT2D eigenvalue weighted by Crippen LogP contribution is 2.30. The van der Waals surface area contributed by atoms with Crippen molar-refractivity contribution < 1.29 is 9.84 Å². The maximum Gasteiger partial charge on any atom is 0.126 e. The van der Waals surface area contributed by atoms with Crippen molar-refractivity contribution in [1.82, 2.24) is 20.6 Å². The van der Waals surface area contributed by atoms with Crippen LogP contribution in [0.15, 0.2) is 12.1 Å². The molecule has 1 N–H and O–H groups in total. The molecular formula is C19H29N4O2-. The molecule has 1 aromatic heterocycles. The fourth-order valence-corrected chi connectivity index (χ4v) is 2.91. The van der Waals surface area contributed by atoms with E-state index in [1.165, 1.54) is 0 Å². The molecule has 0 radical (unpaired) electrons. The Hall–Kier alpha value is -2.11. The van der Waals surface area contributed by atoms with Crippen molar-refractivity contribution in [2.24, 2.45) is 0 Å². The monoisotopic (exact) mass is 345 g/mol. The molecule has 6 heteroatoms.